The number of allylic oxidation sites excluding steroid dienone is 2. The molecule has 2 aliphatic carbocycles. The number of ketones is 1. The van der Waals surface area contributed by atoms with Crippen LogP contribution in [0.4, 0.5) is 0 Å². The fourth-order valence-corrected chi connectivity index (χ4v) is 2.49. The van der Waals surface area contributed by atoms with E-state index in [0.29, 0.717) is 12.0 Å². The fourth-order valence-electron chi connectivity index (χ4n) is 2.49. The average molecular weight is 181 g/mol. The zero-order chi connectivity index (χ0) is 9.59. The van der Waals surface area contributed by atoms with Crippen LogP contribution in [0.25, 0.3) is 0 Å². The molecule has 2 unspecified atom stereocenters. The molecule has 0 aromatic heterocycles. The smallest absolute Gasteiger partial charge is 0.255 e. The third-order valence-corrected chi connectivity index (χ3v) is 3.14. The minimum atomic E-state index is -0.376. The van der Waals surface area contributed by atoms with Crippen LogP contribution >= 0.6 is 0 Å². The highest BCUT2D eigenvalue weighted by Crippen LogP contribution is 2.43. The summed E-state index contributed by atoms with van der Waals surface area (Å²) < 4.78 is 0. The Morgan fingerprint density at radius 2 is 2.00 bits per heavy atom. The van der Waals surface area contributed by atoms with E-state index in [1.165, 1.54) is 0 Å². The molecular formula is C9H11NO3. The molecule has 0 radical (unpaired) electrons. The highest BCUT2D eigenvalue weighted by atomic mass is 16.6. The number of carbonyl (C=O) groups is 1. The van der Waals surface area contributed by atoms with Crippen LogP contribution in [-0.4, -0.2) is 10.7 Å². The maximum absolute atomic E-state index is 11.5. The highest BCUT2D eigenvalue weighted by molar-refractivity contribution is 5.98. The van der Waals surface area contributed by atoms with Gasteiger partial charge in [0.25, 0.3) is 5.70 Å². The lowest BCUT2D eigenvalue weighted by atomic mass is 9.86. The standard InChI is InChI=1S/C9H11NO3/c1-5-8(10(12)13)6-2-3-7(4-6)9(5)11/h6-7H,2-4H2,1H3. The Morgan fingerprint density at radius 1 is 1.38 bits per heavy atom. The van der Waals surface area contributed by atoms with Crippen molar-refractivity contribution in [1.82, 2.24) is 0 Å². The van der Waals surface area contributed by atoms with E-state index in [9.17, 15) is 14.9 Å². The van der Waals surface area contributed by atoms with Gasteiger partial charge in [-0.3, -0.25) is 14.9 Å². The molecule has 0 aromatic rings. The van der Waals surface area contributed by atoms with Crippen molar-refractivity contribution in [3.8, 4) is 0 Å². The van der Waals surface area contributed by atoms with Crippen molar-refractivity contribution in [3.63, 3.8) is 0 Å². The van der Waals surface area contributed by atoms with E-state index < -0.39 is 0 Å². The van der Waals surface area contributed by atoms with Gasteiger partial charge in [-0.1, -0.05) is 0 Å². The van der Waals surface area contributed by atoms with Gasteiger partial charge in [-0.25, -0.2) is 0 Å². The number of fused-ring (bicyclic) bond motifs is 2. The van der Waals surface area contributed by atoms with E-state index in [4.69, 9.17) is 0 Å². The molecule has 0 heterocycles. The summed E-state index contributed by atoms with van der Waals surface area (Å²) in [5.41, 5.74) is 0.572. The molecule has 0 aliphatic heterocycles. The van der Waals surface area contributed by atoms with Crippen molar-refractivity contribution in [2.45, 2.75) is 26.2 Å². The minimum Gasteiger partial charge on any atom is -0.294 e. The van der Waals surface area contributed by atoms with Crippen LogP contribution in [0, 0.1) is 22.0 Å². The van der Waals surface area contributed by atoms with Crippen LogP contribution in [0.5, 0.6) is 0 Å². The molecule has 2 aliphatic rings. The van der Waals surface area contributed by atoms with Gasteiger partial charge < -0.3 is 0 Å². The molecule has 4 heteroatoms. The van der Waals surface area contributed by atoms with E-state index in [1.807, 2.05) is 0 Å². The second-order valence-electron chi connectivity index (χ2n) is 3.84. The lowest BCUT2D eigenvalue weighted by Crippen LogP contribution is -2.24. The van der Waals surface area contributed by atoms with Gasteiger partial charge in [-0.15, -0.1) is 0 Å². The van der Waals surface area contributed by atoms with Crippen molar-refractivity contribution in [1.29, 1.82) is 0 Å². The summed E-state index contributed by atoms with van der Waals surface area (Å²) >= 11 is 0. The Bertz CT molecular complexity index is 319. The van der Waals surface area contributed by atoms with E-state index >= 15 is 0 Å². The fraction of sp³-hybridized carbons (Fsp3) is 0.667. The van der Waals surface area contributed by atoms with E-state index in [2.05, 4.69) is 0 Å². The Balaban J connectivity index is 2.46. The third-order valence-electron chi connectivity index (χ3n) is 3.14. The van der Waals surface area contributed by atoms with E-state index in [1.54, 1.807) is 6.92 Å². The molecule has 2 bridgehead atoms. The quantitative estimate of drug-likeness (QED) is 0.455. The van der Waals surface area contributed by atoms with E-state index in [-0.39, 0.29) is 28.2 Å². The van der Waals surface area contributed by atoms with Gasteiger partial charge in [0, 0.05) is 5.92 Å². The van der Waals surface area contributed by atoms with E-state index in [0.717, 1.165) is 12.8 Å². The molecule has 0 saturated heterocycles. The Morgan fingerprint density at radius 3 is 2.62 bits per heavy atom. The molecule has 0 spiro atoms. The number of nitrogens with zero attached hydrogens (tertiary/aromatic N) is 1. The molecule has 4 nitrogen and oxygen atoms in total. The van der Waals surface area contributed by atoms with Gasteiger partial charge >= 0.3 is 0 Å². The topological polar surface area (TPSA) is 60.2 Å². The van der Waals surface area contributed by atoms with Gasteiger partial charge in [0.05, 0.1) is 16.4 Å². The number of carbonyl (C=O) groups excluding carboxylic acids is 1. The number of hydrogen-bond donors (Lipinski definition) is 0. The first-order chi connectivity index (χ1) is 6.11. The average Bonchev–Trinajstić information content (AvgIpc) is 2.47. The summed E-state index contributed by atoms with van der Waals surface area (Å²) in [5.74, 6) is 0.117. The maximum Gasteiger partial charge on any atom is 0.255 e. The summed E-state index contributed by atoms with van der Waals surface area (Å²) in [5, 5.41) is 10.7. The van der Waals surface area contributed by atoms with Gasteiger partial charge in [0.1, 0.15) is 0 Å². The maximum atomic E-state index is 11.5. The monoisotopic (exact) mass is 181 g/mol. The Hall–Kier alpha value is -1.19. The van der Waals surface area contributed by atoms with Crippen molar-refractivity contribution in [2.24, 2.45) is 11.8 Å². The summed E-state index contributed by atoms with van der Waals surface area (Å²) in [4.78, 5) is 21.9. The van der Waals surface area contributed by atoms with Crippen LogP contribution in [0.15, 0.2) is 11.3 Å². The van der Waals surface area contributed by atoms with Gasteiger partial charge in [0.2, 0.25) is 0 Å². The van der Waals surface area contributed by atoms with Crippen LogP contribution < -0.4 is 0 Å². The lowest BCUT2D eigenvalue weighted by molar-refractivity contribution is -0.435. The largest absolute Gasteiger partial charge is 0.294 e. The molecule has 1 saturated carbocycles. The van der Waals surface area contributed by atoms with Gasteiger partial charge in [0.15, 0.2) is 5.78 Å². The first-order valence-electron chi connectivity index (χ1n) is 4.50. The summed E-state index contributed by atoms with van der Waals surface area (Å²) in [7, 11) is 0. The molecule has 13 heavy (non-hydrogen) atoms. The number of hydrogen-bond acceptors (Lipinski definition) is 3. The van der Waals surface area contributed by atoms with Crippen molar-refractivity contribution in [2.75, 3.05) is 0 Å². The molecule has 0 amide bonds. The predicted octanol–water partition coefficient (Wildman–Crippen LogP) is 1.54. The highest BCUT2D eigenvalue weighted by Gasteiger charge is 2.44. The number of rotatable bonds is 1. The normalized spacial score (nSPS) is 32.5. The minimum absolute atomic E-state index is 0.000417. The van der Waals surface area contributed by atoms with Gasteiger partial charge in [-0.2, -0.15) is 0 Å². The number of nitro groups is 1. The van der Waals surface area contributed by atoms with Gasteiger partial charge in [-0.05, 0) is 26.2 Å². The molecule has 70 valence electrons. The molecule has 0 N–H and O–H groups in total. The first-order valence-corrected chi connectivity index (χ1v) is 4.50. The Kier molecular flexibility index (Phi) is 1.71. The summed E-state index contributed by atoms with van der Waals surface area (Å²) in [6, 6.07) is 0. The molecule has 2 atom stereocenters. The summed E-state index contributed by atoms with van der Waals surface area (Å²) in [6.07, 6.45) is 2.34. The first kappa shape index (κ1) is 8.41. The molecule has 0 aromatic carbocycles. The molecule has 1 fully saturated rings. The van der Waals surface area contributed by atoms with Crippen molar-refractivity contribution < 1.29 is 9.72 Å². The van der Waals surface area contributed by atoms with Crippen molar-refractivity contribution >= 4 is 5.78 Å². The zero-order valence-corrected chi connectivity index (χ0v) is 7.45. The summed E-state index contributed by atoms with van der Waals surface area (Å²) in [6.45, 7) is 1.59. The SMILES string of the molecule is CC1=C([N+](=O)[O-])C2CCC(C2)C1=O. The van der Waals surface area contributed by atoms with Crippen LogP contribution in [0.2, 0.25) is 0 Å². The lowest BCUT2D eigenvalue weighted by Gasteiger charge is -2.16. The zero-order valence-electron chi connectivity index (χ0n) is 7.45. The van der Waals surface area contributed by atoms with Crippen molar-refractivity contribution in [3.05, 3.63) is 21.4 Å². The van der Waals surface area contributed by atoms with Crippen LogP contribution in [0.3, 0.4) is 0 Å². The van der Waals surface area contributed by atoms with Crippen LogP contribution in [-0.2, 0) is 4.79 Å². The van der Waals surface area contributed by atoms with Crippen LogP contribution in [0.1, 0.15) is 26.2 Å². The Labute approximate surface area is 75.8 Å². The second-order valence-corrected chi connectivity index (χ2v) is 3.84. The predicted molar refractivity (Wildman–Crippen MR) is 45.5 cm³/mol. The molecular weight excluding hydrogens is 170 g/mol. The molecule has 2 rings (SSSR count). The number of Topliss-reactive ketones (excluding diaryl/α,β-unsaturated/α-hetero) is 1. The third kappa shape index (κ3) is 1.08. The second kappa shape index (κ2) is 2.65.